The van der Waals surface area contributed by atoms with E-state index < -0.39 is 6.04 Å². The molecule has 19 heavy (non-hydrogen) atoms. The Labute approximate surface area is 120 Å². The normalized spacial score (nSPS) is 25.2. The molecule has 1 heterocycles. The maximum absolute atomic E-state index is 12.6. The maximum atomic E-state index is 12.6. The summed E-state index contributed by atoms with van der Waals surface area (Å²) in [5, 5.41) is 2.88. The molecule has 1 aliphatic heterocycles. The first-order valence-corrected chi connectivity index (χ1v) is 8.10. The number of nitrogens with zero attached hydrogens (tertiary/aromatic N) is 1. The Morgan fingerprint density at radius 2 is 2.00 bits per heavy atom. The Morgan fingerprint density at radius 3 is 2.53 bits per heavy atom. The number of thioether (sulfide) groups is 1. The van der Waals surface area contributed by atoms with Crippen LogP contribution in [0.1, 0.15) is 41.0 Å². The summed E-state index contributed by atoms with van der Waals surface area (Å²) in [6.07, 6.45) is 0.398. The lowest BCUT2D eigenvalue weighted by atomic mass is 9.86. The van der Waals surface area contributed by atoms with Crippen molar-refractivity contribution < 1.29 is 9.59 Å². The highest BCUT2D eigenvalue weighted by molar-refractivity contribution is 7.99. The highest BCUT2D eigenvalue weighted by Crippen LogP contribution is 2.25. The minimum Gasteiger partial charge on any atom is -0.344 e. The van der Waals surface area contributed by atoms with Gasteiger partial charge in [-0.15, -0.1) is 0 Å². The summed E-state index contributed by atoms with van der Waals surface area (Å²) in [5.74, 6) is 2.02. The summed E-state index contributed by atoms with van der Waals surface area (Å²) in [6.45, 7) is 10.8. The number of nitrogens with one attached hydrogen (secondary N) is 1. The minimum absolute atomic E-state index is 0.0164. The first-order chi connectivity index (χ1) is 8.77. The molecule has 0 aromatic carbocycles. The number of hydrogen-bond acceptors (Lipinski definition) is 3. The largest absolute Gasteiger partial charge is 0.344 e. The second-order valence-corrected chi connectivity index (χ2v) is 7.54. The quantitative estimate of drug-likeness (QED) is 0.803. The van der Waals surface area contributed by atoms with Crippen molar-refractivity contribution in [2.45, 2.75) is 53.1 Å². The van der Waals surface area contributed by atoms with Gasteiger partial charge in [-0.1, -0.05) is 27.7 Å². The molecule has 1 aliphatic rings. The predicted molar refractivity (Wildman–Crippen MR) is 80.2 cm³/mol. The van der Waals surface area contributed by atoms with Gasteiger partial charge in [-0.3, -0.25) is 9.59 Å². The van der Waals surface area contributed by atoms with Crippen LogP contribution in [0.4, 0.5) is 0 Å². The van der Waals surface area contributed by atoms with Crippen molar-refractivity contribution in [2.24, 2.45) is 5.41 Å². The summed E-state index contributed by atoms with van der Waals surface area (Å²) in [4.78, 5) is 26.4. The van der Waals surface area contributed by atoms with E-state index in [1.165, 1.54) is 0 Å². The Bertz CT molecular complexity index is 339. The molecule has 2 unspecified atom stereocenters. The van der Waals surface area contributed by atoms with Gasteiger partial charge in [0.2, 0.25) is 11.8 Å². The van der Waals surface area contributed by atoms with Crippen LogP contribution in [0.5, 0.6) is 0 Å². The monoisotopic (exact) mass is 286 g/mol. The van der Waals surface area contributed by atoms with Gasteiger partial charge in [-0.05, 0) is 18.1 Å². The summed E-state index contributed by atoms with van der Waals surface area (Å²) in [6, 6.07) is -0.436. The average Bonchev–Trinajstić information content (AvgIpc) is 2.38. The average molecular weight is 286 g/mol. The maximum Gasteiger partial charge on any atom is 0.245 e. The van der Waals surface area contributed by atoms with E-state index in [9.17, 15) is 9.59 Å². The summed E-state index contributed by atoms with van der Waals surface area (Å²) in [7, 11) is 0. The second kappa shape index (κ2) is 6.64. The molecule has 1 fully saturated rings. The van der Waals surface area contributed by atoms with Gasteiger partial charge in [0.15, 0.2) is 0 Å². The van der Waals surface area contributed by atoms with E-state index in [0.29, 0.717) is 6.42 Å². The highest BCUT2D eigenvalue weighted by atomic mass is 32.2. The van der Waals surface area contributed by atoms with Crippen molar-refractivity contribution in [2.75, 3.05) is 18.1 Å². The first-order valence-electron chi connectivity index (χ1n) is 6.95. The molecule has 1 N–H and O–H groups in total. The van der Waals surface area contributed by atoms with E-state index in [2.05, 4.69) is 12.2 Å². The lowest BCUT2D eigenvalue weighted by Crippen LogP contribution is -2.53. The third-order valence-electron chi connectivity index (χ3n) is 3.39. The molecule has 2 amide bonds. The summed E-state index contributed by atoms with van der Waals surface area (Å²) < 4.78 is 0. The molecule has 0 saturated carbocycles. The molecule has 0 radical (unpaired) electrons. The van der Waals surface area contributed by atoms with Crippen LogP contribution in [0.25, 0.3) is 0 Å². The van der Waals surface area contributed by atoms with Gasteiger partial charge in [0.05, 0.1) is 0 Å². The zero-order valence-electron chi connectivity index (χ0n) is 12.7. The SMILES string of the molecule is CCSCCN1C(=O)C(C(C)(C)C)NC(=O)CC1C. The van der Waals surface area contributed by atoms with Gasteiger partial charge in [-0.25, -0.2) is 0 Å². The molecule has 0 bridgehead atoms. The minimum atomic E-state index is -0.420. The number of rotatable bonds is 4. The van der Waals surface area contributed by atoms with Crippen LogP contribution in [0.15, 0.2) is 0 Å². The van der Waals surface area contributed by atoms with Crippen LogP contribution < -0.4 is 5.32 Å². The van der Waals surface area contributed by atoms with E-state index in [1.807, 2.05) is 44.4 Å². The van der Waals surface area contributed by atoms with Gasteiger partial charge >= 0.3 is 0 Å². The molecule has 1 saturated heterocycles. The fourth-order valence-electron chi connectivity index (χ4n) is 2.27. The van der Waals surface area contributed by atoms with E-state index >= 15 is 0 Å². The smallest absolute Gasteiger partial charge is 0.245 e. The molecular weight excluding hydrogens is 260 g/mol. The number of amides is 2. The lowest BCUT2D eigenvalue weighted by Gasteiger charge is -2.34. The van der Waals surface area contributed by atoms with Crippen LogP contribution in [0, 0.1) is 5.41 Å². The highest BCUT2D eigenvalue weighted by Gasteiger charge is 2.39. The topological polar surface area (TPSA) is 49.4 Å². The zero-order chi connectivity index (χ0) is 14.6. The van der Waals surface area contributed by atoms with E-state index in [4.69, 9.17) is 0 Å². The standard InChI is InChI=1S/C14H26N2O2S/c1-6-19-8-7-16-10(2)9-11(17)15-12(13(16)18)14(3,4)5/h10,12H,6-9H2,1-5H3,(H,15,17). The van der Waals surface area contributed by atoms with Gasteiger partial charge in [0, 0.05) is 24.8 Å². The molecule has 0 spiro atoms. The van der Waals surface area contributed by atoms with Gasteiger partial charge < -0.3 is 10.2 Å². The van der Waals surface area contributed by atoms with Crippen LogP contribution in [-0.4, -0.2) is 46.8 Å². The van der Waals surface area contributed by atoms with Crippen molar-refractivity contribution in [1.29, 1.82) is 0 Å². The van der Waals surface area contributed by atoms with Crippen LogP contribution in [0.2, 0.25) is 0 Å². The molecule has 2 atom stereocenters. The Morgan fingerprint density at radius 1 is 1.37 bits per heavy atom. The molecule has 5 heteroatoms. The molecule has 0 aromatic rings. The molecule has 1 rings (SSSR count). The molecule has 0 aliphatic carbocycles. The third kappa shape index (κ3) is 4.41. The Kier molecular flexibility index (Phi) is 5.71. The Hall–Kier alpha value is -0.710. The predicted octanol–water partition coefficient (Wildman–Crippen LogP) is 1.89. The van der Waals surface area contributed by atoms with Crippen LogP contribution >= 0.6 is 11.8 Å². The van der Waals surface area contributed by atoms with E-state index in [0.717, 1.165) is 18.1 Å². The van der Waals surface area contributed by atoms with Crippen molar-refractivity contribution in [3.05, 3.63) is 0 Å². The fraction of sp³-hybridized carbons (Fsp3) is 0.857. The number of carbonyl (C=O) groups is 2. The molecule has 0 aromatic heterocycles. The summed E-state index contributed by atoms with van der Waals surface area (Å²) >= 11 is 1.82. The van der Waals surface area contributed by atoms with Gasteiger partial charge in [0.1, 0.15) is 6.04 Å². The lowest BCUT2D eigenvalue weighted by molar-refractivity contribution is -0.137. The van der Waals surface area contributed by atoms with Crippen molar-refractivity contribution in [3.8, 4) is 0 Å². The third-order valence-corrected chi connectivity index (χ3v) is 4.27. The number of carbonyl (C=O) groups excluding carboxylic acids is 2. The van der Waals surface area contributed by atoms with Crippen molar-refractivity contribution >= 4 is 23.6 Å². The van der Waals surface area contributed by atoms with Crippen LogP contribution in [-0.2, 0) is 9.59 Å². The molecule has 4 nitrogen and oxygen atoms in total. The van der Waals surface area contributed by atoms with Crippen molar-refractivity contribution in [3.63, 3.8) is 0 Å². The molecular formula is C14H26N2O2S. The molecule has 110 valence electrons. The van der Waals surface area contributed by atoms with E-state index in [-0.39, 0.29) is 23.3 Å². The van der Waals surface area contributed by atoms with Crippen LogP contribution in [0.3, 0.4) is 0 Å². The second-order valence-electron chi connectivity index (χ2n) is 6.15. The van der Waals surface area contributed by atoms with Crippen molar-refractivity contribution in [1.82, 2.24) is 10.2 Å². The van der Waals surface area contributed by atoms with Gasteiger partial charge in [-0.2, -0.15) is 11.8 Å². The first kappa shape index (κ1) is 16.3. The fourth-order valence-corrected chi connectivity index (χ4v) is 2.88. The number of hydrogen-bond donors (Lipinski definition) is 1. The van der Waals surface area contributed by atoms with Gasteiger partial charge in [0.25, 0.3) is 0 Å². The Balaban J connectivity index is 2.87. The zero-order valence-corrected chi connectivity index (χ0v) is 13.5. The summed E-state index contributed by atoms with van der Waals surface area (Å²) in [5.41, 5.74) is -0.257. The van der Waals surface area contributed by atoms with E-state index in [1.54, 1.807) is 0 Å².